The number of carbonyl (C=O) groups is 1. The van der Waals surface area contributed by atoms with E-state index in [2.05, 4.69) is 19.9 Å². The molecule has 5 nitrogen and oxygen atoms in total. The lowest BCUT2D eigenvalue weighted by atomic mass is 10.1. The third-order valence-corrected chi connectivity index (χ3v) is 5.00. The molecule has 1 aliphatic rings. The first-order valence-corrected chi connectivity index (χ1v) is 8.87. The van der Waals surface area contributed by atoms with E-state index in [9.17, 15) is 9.18 Å². The van der Waals surface area contributed by atoms with Crippen LogP contribution in [0.5, 0.6) is 0 Å². The fourth-order valence-corrected chi connectivity index (χ4v) is 3.78. The minimum atomic E-state index is -0.281. The number of benzene rings is 1. The van der Waals surface area contributed by atoms with Crippen molar-refractivity contribution in [1.82, 2.24) is 19.9 Å². The number of imidazole rings is 1. The second-order valence-corrected chi connectivity index (χ2v) is 6.68. The summed E-state index contributed by atoms with van der Waals surface area (Å²) in [7, 11) is 0. The zero-order valence-electron chi connectivity index (χ0n) is 13.3. The van der Waals surface area contributed by atoms with Gasteiger partial charge < -0.3 is 9.88 Å². The Bertz CT molecular complexity index is 909. The molecule has 1 aromatic carbocycles. The summed E-state index contributed by atoms with van der Waals surface area (Å²) in [5.74, 6) is 0.505. The van der Waals surface area contributed by atoms with E-state index in [4.69, 9.17) is 0 Å². The van der Waals surface area contributed by atoms with Crippen molar-refractivity contribution in [2.45, 2.75) is 18.2 Å². The zero-order valence-corrected chi connectivity index (χ0v) is 14.1. The Morgan fingerprint density at radius 2 is 2.12 bits per heavy atom. The smallest absolute Gasteiger partial charge is 0.253 e. The van der Waals surface area contributed by atoms with E-state index in [-0.39, 0.29) is 11.7 Å². The van der Waals surface area contributed by atoms with Crippen LogP contribution >= 0.6 is 11.8 Å². The molecule has 0 atom stereocenters. The fraction of sp³-hybridized carbons (Fsp3) is 0.167. The third kappa shape index (κ3) is 3.15. The first-order valence-electron chi connectivity index (χ1n) is 7.89. The van der Waals surface area contributed by atoms with Crippen molar-refractivity contribution in [1.29, 1.82) is 0 Å². The molecule has 126 valence electrons. The summed E-state index contributed by atoms with van der Waals surface area (Å²) >= 11 is 1.69. The normalized spacial score (nSPS) is 12.8. The third-order valence-electron chi connectivity index (χ3n) is 4.04. The van der Waals surface area contributed by atoms with Gasteiger partial charge >= 0.3 is 0 Å². The monoisotopic (exact) mass is 354 g/mol. The van der Waals surface area contributed by atoms with E-state index in [0.29, 0.717) is 12.1 Å². The summed E-state index contributed by atoms with van der Waals surface area (Å²) in [6, 6.07) is 9.72. The molecule has 3 heterocycles. The predicted octanol–water partition coefficient (Wildman–Crippen LogP) is 3.12. The molecule has 0 saturated heterocycles. The number of rotatable bonds is 4. The Morgan fingerprint density at radius 3 is 2.88 bits per heavy atom. The molecule has 4 rings (SSSR count). The van der Waals surface area contributed by atoms with Crippen LogP contribution in [0.2, 0.25) is 0 Å². The van der Waals surface area contributed by atoms with Gasteiger partial charge in [-0.15, -0.1) is 0 Å². The molecule has 2 aromatic heterocycles. The molecule has 1 N–H and O–H groups in total. The minimum absolute atomic E-state index is 0.181. The van der Waals surface area contributed by atoms with Gasteiger partial charge in [-0.25, -0.2) is 9.37 Å². The lowest BCUT2D eigenvalue weighted by molar-refractivity contribution is 0.0949. The Hall–Kier alpha value is -2.67. The standard InChI is InChI=1S/C18H15FN4OS/c19-14-5-3-12(4-6-14)16-15(23-8-9-25-18(23)22-16)11-21-17(24)13-2-1-7-20-10-13/h1-7,10H,8-9,11H2,(H,21,24). The highest BCUT2D eigenvalue weighted by atomic mass is 32.2. The second-order valence-electron chi connectivity index (χ2n) is 5.62. The van der Waals surface area contributed by atoms with Crippen LogP contribution in [0.25, 0.3) is 11.3 Å². The Balaban J connectivity index is 1.62. The van der Waals surface area contributed by atoms with Crippen molar-refractivity contribution in [3.8, 4) is 11.3 Å². The van der Waals surface area contributed by atoms with Crippen LogP contribution in [0.15, 0.2) is 53.9 Å². The van der Waals surface area contributed by atoms with Crippen LogP contribution in [0.1, 0.15) is 16.1 Å². The van der Waals surface area contributed by atoms with E-state index >= 15 is 0 Å². The van der Waals surface area contributed by atoms with E-state index in [1.165, 1.54) is 18.3 Å². The van der Waals surface area contributed by atoms with Gasteiger partial charge in [0.2, 0.25) is 0 Å². The van der Waals surface area contributed by atoms with E-state index in [1.54, 1.807) is 42.2 Å². The SMILES string of the molecule is O=C(NCc1c(-c2ccc(F)cc2)nc2n1CCS2)c1cccnc1. The van der Waals surface area contributed by atoms with Gasteiger partial charge in [-0.05, 0) is 36.4 Å². The number of hydrogen-bond acceptors (Lipinski definition) is 4. The molecule has 0 bridgehead atoms. The number of nitrogens with one attached hydrogen (secondary N) is 1. The molecule has 7 heteroatoms. The van der Waals surface area contributed by atoms with Crippen molar-refractivity contribution in [2.75, 3.05) is 5.75 Å². The lowest BCUT2D eigenvalue weighted by Gasteiger charge is -2.10. The van der Waals surface area contributed by atoms with Gasteiger partial charge in [-0.2, -0.15) is 0 Å². The maximum absolute atomic E-state index is 13.2. The Morgan fingerprint density at radius 1 is 1.28 bits per heavy atom. The number of nitrogens with zero attached hydrogens (tertiary/aromatic N) is 3. The highest BCUT2D eigenvalue weighted by Crippen LogP contribution is 2.33. The lowest BCUT2D eigenvalue weighted by Crippen LogP contribution is -2.24. The first-order chi connectivity index (χ1) is 12.2. The molecule has 0 spiro atoms. The highest BCUT2D eigenvalue weighted by molar-refractivity contribution is 7.99. The van der Waals surface area contributed by atoms with E-state index in [0.717, 1.165) is 34.4 Å². The van der Waals surface area contributed by atoms with Gasteiger partial charge in [0.1, 0.15) is 5.82 Å². The molecule has 0 fully saturated rings. The molecular formula is C18H15FN4OS. The number of aromatic nitrogens is 3. The van der Waals surface area contributed by atoms with Gasteiger partial charge in [-0.3, -0.25) is 9.78 Å². The van der Waals surface area contributed by atoms with Gasteiger partial charge in [0, 0.05) is 30.3 Å². The Labute approximate surface area is 148 Å². The summed E-state index contributed by atoms with van der Waals surface area (Å²) in [4.78, 5) is 20.9. The van der Waals surface area contributed by atoms with Crippen LogP contribution in [-0.4, -0.2) is 26.2 Å². The number of fused-ring (bicyclic) bond motifs is 1. The molecular weight excluding hydrogens is 339 g/mol. The number of halogens is 1. The fourth-order valence-electron chi connectivity index (χ4n) is 2.81. The van der Waals surface area contributed by atoms with Gasteiger partial charge in [0.05, 0.1) is 23.5 Å². The zero-order chi connectivity index (χ0) is 17.2. The van der Waals surface area contributed by atoms with Gasteiger partial charge in [0.15, 0.2) is 5.16 Å². The largest absolute Gasteiger partial charge is 0.346 e. The number of pyridine rings is 1. The van der Waals surface area contributed by atoms with Crippen molar-refractivity contribution < 1.29 is 9.18 Å². The first kappa shape index (κ1) is 15.8. The molecule has 3 aromatic rings. The summed E-state index contributed by atoms with van der Waals surface area (Å²) in [5.41, 5.74) is 3.08. The van der Waals surface area contributed by atoms with Crippen LogP contribution in [0.4, 0.5) is 4.39 Å². The maximum Gasteiger partial charge on any atom is 0.253 e. The topological polar surface area (TPSA) is 59.8 Å². The molecule has 1 amide bonds. The highest BCUT2D eigenvalue weighted by Gasteiger charge is 2.23. The molecule has 25 heavy (non-hydrogen) atoms. The van der Waals surface area contributed by atoms with Crippen LogP contribution in [0.3, 0.4) is 0 Å². The predicted molar refractivity (Wildman–Crippen MR) is 93.8 cm³/mol. The molecule has 0 saturated carbocycles. The van der Waals surface area contributed by atoms with Crippen molar-refractivity contribution in [3.63, 3.8) is 0 Å². The van der Waals surface area contributed by atoms with Crippen LogP contribution in [-0.2, 0) is 13.1 Å². The molecule has 1 aliphatic heterocycles. The molecule has 0 radical (unpaired) electrons. The Kier molecular flexibility index (Phi) is 4.23. The number of amides is 1. The maximum atomic E-state index is 13.2. The van der Waals surface area contributed by atoms with Crippen LogP contribution < -0.4 is 5.32 Å². The van der Waals surface area contributed by atoms with Crippen molar-refractivity contribution in [3.05, 3.63) is 65.9 Å². The molecule has 0 aliphatic carbocycles. The average Bonchev–Trinajstić information content (AvgIpc) is 3.23. The quantitative estimate of drug-likeness (QED) is 0.782. The number of hydrogen-bond donors (Lipinski definition) is 1. The van der Waals surface area contributed by atoms with Crippen LogP contribution in [0, 0.1) is 5.82 Å². The van der Waals surface area contributed by atoms with E-state index < -0.39 is 0 Å². The summed E-state index contributed by atoms with van der Waals surface area (Å²) < 4.78 is 15.3. The summed E-state index contributed by atoms with van der Waals surface area (Å²) in [6.07, 6.45) is 3.16. The summed E-state index contributed by atoms with van der Waals surface area (Å²) in [5, 5.41) is 3.86. The number of carbonyl (C=O) groups excluding carboxylic acids is 1. The van der Waals surface area contributed by atoms with Gasteiger partial charge in [-0.1, -0.05) is 11.8 Å². The second kappa shape index (κ2) is 6.68. The van der Waals surface area contributed by atoms with Gasteiger partial charge in [0.25, 0.3) is 5.91 Å². The molecule has 0 unspecified atom stereocenters. The number of thioether (sulfide) groups is 1. The average molecular weight is 354 g/mol. The van der Waals surface area contributed by atoms with Crippen molar-refractivity contribution >= 4 is 17.7 Å². The van der Waals surface area contributed by atoms with Crippen molar-refractivity contribution in [2.24, 2.45) is 0 Å². The minimum Gasteiger partial charge on any atom is -0.346 e. The summed E-state index contributed by atoms with van der Waals surface area (Å²) in [6.45, 7) is 1.21. The van der Waals surface area contributed by atoms with E-state index in [1.807, 2.05) is 0 Å².